The molecule has 0 aliphatic carbocycles. The highest BCUT2D eigenvalue weighted by Crippen LogP contribution is 2.60. The van der Waals surface area contributed by atoms with Crippen LogP contribution in [0.5, 0.6) is 0 Å². The zero-order valence-corrected chi connectivity index (χ0v) is 27.4. The van der Waals surface area contributed by atoms with Crippen LogP contribution in [0, 0.1) is 34.0 Å². The van der Waals surface area contributed by atoms with Gasteiger partial charge in [0.25, 0.3) is 0 Å². The number of nitriles is 3. The van der Waals surface area contributed by atoms with Crippen LogP contribution in [0.4, 0.5) is 17.1 Å². The van der Waals surface area contributed by atoms with Crippen molar-refractivity contribution >= 4 is 17.1 Å². The van der Waals surface area contributed by atoms with Gasteiger partial charge in [-0.15, -0.1) is 0 Å². The van der Waals surface area contributed by atoms with Gasteiger partial charge >= 0.3 is 0 Å². The third kappa shape index (κ3) is 4.38. The lowest BCUT2D eigenvalue weighted by Gasteiger charge is -2.44. The molecule has 0 spiro atoms. The number of rotatable bonds is 3. The minimum Gasteiger partial charge on any atom is -0.360 e. The van der Waals surface area contributed by atoms with Gasteiger partial charge in [-0.1, -0.05) is 86.6 Å². The Kier molecular flexibility index (Phi) is 6.66. The van der Waals surface area contributed by atoms with Crippen molar-refractivity contribution in [2.24, 2.45) is 0 Å². The molecule has 228 valence electrons. The molecule has 5 heteroatoms. The third-order valence-corrected chi connectivity index (χ3v) is 9.78. The zero-order valence-electron chi connectivity index (χ0n) is 27.4. The lowest BCUT2D eigenvalue weighted by atomic mass is 9.71. The van der Waals surface area contributed by atoms with Crippen LogP contribution in [0.2, 0.25) is 0 Å². The number of benzene rings is 5. The van der Waals surface area contributed by atoms with Crippen molar-refractivity contribution in [2.75, 3.05) is 4.90 Å². The van der Waals surface area contributed by atoms with E-state index in [1.807, 2.05) is 64.1 Å². The summed E-state index contributed by atoms with van der Waals surface area (Å²) in [6, 6.07) is 40.5. The minimum absolute atomic E-state index is 0.0767. The lowest BCUT2D eigenvalue weighted by molar-refractivity contribution is -0.105. The van der Waals surface area contributed by atoms with Gasteiger partial charge in [-0.3, -0.25) is 0 Å². The summed E-state index contributed by atoms with van der Waals surface area (Å²) in [6.45, 7) is 12.3. The van der Waals surface area contributed by atoms with Crippen molar-refractivity contribution in [3.8, 4) is 40.5 Å². The van der Waals surface area contributed by atoms with Gasteiger partial charge in [0.1, 0.15) is 18.2 Å². The van der Waals surface area contributed by atoms with Gasteiger partial charge in [0.2, 0.25) is 0 Å². The van der Waals surface area contributed by atoms with Crippen molar-refractivity contribution in [3.63, 3.8) is 0 Å². The van der Waals surface area contributed by atoms with Gasteiger partial charge in [-0.2, -0.15) is 15.8 Å². The van der Waals surface area contributed by atoms with Gasteiger partial charge in [0.05, 0.1) is 45.0 Å². The molecule has 2 aliphatic rings. The summed E-state index contributed by atoms with van der Waals surface area (Å²) in [4.78, 5) is 2.14. The van der Waals surface area contributed by atoms with Crippen molar-refractivity contribution in [2.45, 2.75) is 58.2 Å². The van der Waals surface area contributed by atoms with E-state index in [9.17, 15) is 15.8 Å². The Morgan fingerprint density at radius 3 is 1.40 bits per heavy atom. The maximum Gasteiger partial charge on any atom is 0.103 e. The summed E-state index contributed by atoms with van der Waals surface area (Å²) in [5.74, 6) is 0. The average molecular weight is 611 g/mol. The molecule has 7 rings (SSSR count). The molecule has 0 saturated heterocycles. The van der Waals surface area contributed by atoms with E-state index in [1.165, 1.54) is 0 Å². The van der Waals surface area contributed by atoms with E-state index >= 15 is 0 Å². The predicted molar refractivity (Wildman–Crippen MR) is 185 cm³/mol. The van der Waals surface area contributed by atoms with E-state index < -0.39 is 16.6 Å². The Labute approximate surface area is 276 Å². The number of hydrogen-bond acceptors (Lipinski definition) is 5. The molecule has 2 heterocycles. The first-order chi connectivity index (χ1) is 22.4. The Hall–Kier alpha value is -5.67. The first-order valence-electron chi connectivity index (χ1n) is 15.8. The predicted octanol–water partition coefficient (Wildman–Crippen LogP) is 10.2. The molecule has 5 aromatic carbocycles. The molecule has 0 fully saturated rings. The Balaban J connectivity index is 1.63. The number of nitrogens with zero attached hydrogens (tertiary/aromatic N) is 4. The largest absolute Gasteiger partial charge is 0.360 e. The Morgan fingerprint density at radius 1 is 0.511 bits per heavy atom. The normalized spacial score (nSPS) is 16.2. The van der Waals surface area contributed by atoms with E-state index in [1.54, 1.807) is 0 Å². The highest BCUT2D eigenvalue weighted by atomic mass is 16.5. The quantitative estimate of drug-likeness (QED) is 0.203. The van der Waals surface area contributed by atoms with Crippen molar-refractivity contribution < 1.29 is 4.74 Å². The summed E-state index contributed by atoms with van der Waals surface area (Å²) in [6.07, 6.45) is 0. The highest BCUT2D eigenvalue weighted by molar-refractivity contribution is 5.94. The Morgan fingerprint density at radius 2 is 0.957 bits per heavy atom. The number of anilines is 3. The topological polar surface area (TPSA) is 83.8 Å². The van der Waals surface area contributed by atoms with Gasteiger partial charge in [0.15, 0.2) is 0 Å². The number of ether oxygens (including phenoxy) is 1. The SMILES string of the molecule is CC1(C)OC(C)(C)c2c(N3c4ccc(-c5ccccc5)cc4C(C)(C)c4cc(-c5ccccc5)ccc43)c(C#N)c(C#N)c(C#N)c21. The fourth-order valence-corrected chi connectivity index (χ4v) is 7.82. The van der Waals surface area contributed by atoms with Crippen molar-refractivity contribution in [3.05, 3.63) is 136 Å². The van der Waals surface area contributed by atoms with Crippen LogP contribution >= 0.6 is 0 Å². The zero-order chi connectivity index (χ0) is 33.3. The lowest BCUT2D eigenvalue weighted by Crippen LogP contribution is -2.32. The Bertz CT molecular complexity index is 2130. The molecule has 0 amide bonds. The molecule has 47 heavy (non-hydrogen) atoms. The van der Waals surface area contributed by atoms with Crippen LogP contribution in [0.25, 0.3) is 22.3 Å². The maximum atomic E-state index is 10.8. The second-order valence-electron chi connectivity index (χ2n) is 13.8. The third-order valence-electron chi connectivity index (χ3n) is 9.78. The molecule has 5 nitrogen and oxygen atoms in total. The van der Waals surface area contributed by atoms with E-state index in [0.29, 0.717) is 11.3 Å². The first-order valence-corrected chi connectivity index (χ1v) is 15.8. The standard InChI is InChI=1S/C42H34N4O/c1-40(2)33-21-28(26-13-9-7-10-14-26)17-19-35(33)46(36-20-18-29(22-34(36)40)27-15-11-8-12-16-27)39-32(25-45)30(23-43)31(24-44)37-38(39)42(5,6)47-41(37,3)4/h7-22H,1-6H3. The molecule has 0 radical (unpaired) electrons. The molecule has 0 bridgehead atoms. The van der Waals surface area contributed by atoms with Crippen molar-refractivity contribution in [1.82, 2.24) is 0 Å². The van der Waals surface area contributed by atoms with Crippen LogP contribution in [0.15, 0.2) is 97.1 Å². The van der Waals surface area contributed by atoms with E-state index in [2.05, 4.69) is 97.6 Å². The molecule has 0 aromatic heterocycles. The van der Waals surface area contributed by atoms with E-state index in [-0.39, 0.29) is 16.7 Å². The molecule has 0 N–H and O–H groups in total. The van der Waals surface area contributed by atoms with Crippen LogP contribution in [-0.2, 0) is 21.4 Å². The highest BCUT2D eigenvalue weighted by Gasteiger charge is 2.50. The summed E-state index contributed by atoms with van der Waals surface area (Å²) >= 11 is 0. The van der Waals surface area contributed by atoms with Crippen LogP contribution in [-0.4, -0.2) is 0 Å². The molecular weight excluding hydrogens is 576 g/mol. The van der Waals surface area contributed by atoms with Crippen LogP contribution in [0.3, 0.4) is 0 Å². The second kappa shape index (κ2) is 10.4. The van der Waals surface area contributed by atoms with Crippen LogP contribution < -0.4 is 4.90 Å². The fraction of sp³-hybridized carbons (Fsp3) is 0.214. The van der Waals surface area contributed by atoms with Gasteiger partial charge in [-0.25, -0.2) is 0 Å². The summed E-state index contributed by atoms with van der Waals surface area (Å²) in [5.41, 5.74) is 8.73. The minimum atomic E-state index is -0.868. The second-order valence-corrected chi connectivity index (χ2v) is 13.8. The monoisotopic (exact) mass is 610 g/mol. The number of fused-ring (bicyclic) bond motifs is 3. The van der Waals surface area contributed by atoms with Gasteiger partial charge in [-0.05, 0) is 85.3 Å². The molecule has 0 unspecified atom stereocenters. The molecule has 0 saturated carbocycles. The molecule has 5 aromatic rings. The first kappa shape index (κ1) is 30.0. The fourth-order valence-electron chi connectivity index (χ4n) is 7.82. The van der Waals surface area contributed by atoms with Gasteiger partial charge < -0.3 is 9.64 Å². The molecule has 0 atom stereocenters. The summed E-state index contributed by atoms with van der Waals surface area (Å²) < 4.78 is 6.65. The van der Waals surface area contributed by atoms with Crippen LogP contribution in [0.1, 0.15) is 80.5 Å². The van der Waals surface area contributed by atoms with Crippen molar-refractivity contribution in [1.29, 1.82) is 15.8 Å². The average Bonchev–Trinajstić information content (AvgIpc) is 3.27. The number of hydrogen-bond donors (Lipinski definition) is 0. The van der Waals surface area contributed by atoms with E-state index in [0.717, 1.165) is 50.3 Å². The van der Waals surface area contributed by atoms with Gasteiger partial charge in [0, 0.05) is 16.5 Å². The molecule has 2 aliphatic heterocycles. The molecular formula is C42H34N4O. The summed E-state index contributed by atoms with van der Waals surface area (Å²) in [7, 11) is 0. The smallest absolute Gasteiger partial charge is 0.103 e. The van der Waals surface area contributed by atoms with E-state index in [4.69, 9.17) is 4.74 Å². The summed E-state index contributed by atoms with van der Waals surface area (Å²) in [5, 5.41) is 31.7. The maximum absolute atomic E-state index is 10.8.